The van der Waals surface area contributed by atoms with Crippen LogP contribution < -0.4 is 5.73 Å². The second-order valence-corrected chi connectivity index (χ2v) is 6.31. The van der Waals surface area contributed by atoms with E-state index in [1.807, 2.05) is 12.1 Å². The largest absolute Gasteiger partial charge is 0.375 e. The SMILES string of the molecule is NC1(COCc2ccc(Br)cc2)CCCCCC1. The van der Waals surface area contributed by atoms with Gasteiger partial charge >= 0.3 is 0 Å². The van der Waals surface area contributed by atoms with Crippen LogP contribution in [0.3, 0.4) is 0 Å². The molecule has 1 aromatic rings. The van der Waals surface area contributed by atoms with Crippen LogP contribution in [0.25, 0.3) is 0 Å². The standard InChI is InChI=1S/C15H22BrNO/c16-14-7-5-13(6-8-14)11-18-12-15(17)9-3-1-2-4-10-15/h5-8H,1-4,9-12,17H2. The molecule has 0 unspecified atom stereocenters. The van der Waals surface area contributed by atoms with E-state index in [2.05, 4.69) is 28.1 Å². The van der Waals surface area contributed by atoms with Gasteiger partial charge in [0.1, 0.15) is 0 Å². The average Bonchev–Trinajstić information content (AvgIpc) is 2.57. The Kier molecular flexibility index (Phi) is 5.22. The molecule has 3 heteroatoms. The zero-order valence-corrected chi connectivity index (χ0v) is 12.4. The van der Waals surface area contributed by atoms with Crippen molar-refractivity contribution in [1.82, 2.24) is 0 Å². The Morgan fingerprint density at radius 1 is 1.06 bits per heavy atom. The lowest BCUT2D eigenvalue weighted by Crippen LogP contribution is -2.43. The van der Waals surface area contributed by atoms with E-state index in [-0.39, 0.29) is 5.54 Å². The molecule has 0 saturated heterocycles. The molecule has 0 spiro atoms. The van der Waals surface area contributed by atoms with Crippen LogP contribution in [0.1, 0.15) is 44.1 Å². The summed E-state index contributed by atoms with van der Waals surface area (Å²) in [6.45, 7) is 1.34. The van der Waals surface area contributed by atoms with Crippen molar-refractivity contribution >= 4 is 15.9 Å². The molecule has 2 rings (SSSR count). The van der Waals surface area contributed by atoms with Crippen LogP contribution in [0.4, 0.5) is 0 Å². The molecule has 0 radical (unpaired) electrons. The van der Waals surface area contributed by atoms with Gasteiger partial charge in [-0.15, -0.1) is 0 Å². The van der Waals surface area contributed by atoms with Crippen molar-refractivity contribution in [2.24, 2.45) is 5.73 Å². The fourth-order valence-corrected chi connectivity index (χ4v) is 2.79. The second kappa shape index (κ2) is 6.69. The van der Waals surface area contributed by atoms with Crippen molar-refractivity contribution in [3.8, 4) is 0 Å². The third-order valence-corrected chi connectivity index (χ3v) is 4.20. The van der Waals surface area contributed by atoms with Gasteiger partial charge in [-0.3, -0.25) is 0 Å². The van der Waals surface area contributed by atoms with Crippen molar-refractivity contribution in [3.63, 3.8) is 0 Å². The molecule has 1 aliphatic rings. The Labute approximate surface area is 118 Å². The van der Waals surface area contributed by atoms with Gasteiger partial charge in [-0.25, -0.2) is 0 Å². The van der Waals surface area contributed by atoms with Crippen LogP contribution in [0.2, 0.25) is 0 Å². The molecule has 1 fully saturated rings. The topological polar surface area (TPSA) is 35.2 Å². The van der Waals surface area contributed by atoms with Crippen LogP contribution >= 0.6 is 15.9 Å². The van der Waals surface area contributed by atoms with E-state index in [0.29, 0.717) is 13.2 Å². The van der Waals surface area contributed by atoms with Gasteiger partial charge < -0.3 is 10.5 Å². The first kappa shape index (κ1) is 14.0. The molecule has 1 aliphatic carbocycles. The second-order valence-electron chi connectivity index (χ2n) is 5.40. The maximum absolute atomic E-state index is 6.41. The molecule has 18 heavy (non-hydrogen) atoms. The smallest absolute Gasteiger partial charge is 0.0717 e. The lowest BCUT2D eigenvalue weighted by atomic mass is 9.93. The van der Waals surface area contributed by atoms with E-state index in [4.69, 9.17) is 10.5 Å². The minimum atomic E-state index is -0.0914. The molecule has 0 heterocycles. The van der Waals surface area contributed by atoms with E-state index in [0.717, 1.165) is 17.3 Å². The maximum atomic E-state index is 6.41. The molecule has 1 saturated carbocycles. The van der Waals surface area contributed by atoms with Crippen LogP contribution in [-0.4, -0.2) is 12.1 Å². The highest BCUT2D eigenvalue weighted by Gasteiger charge is 2.26. The first-order valence-corrected chi connectivity index (χ1v) is 7.58. The third kappa shape index (κ3) is 4.38. The number of rotatable bonds is 4. The van der Waals surface area contributed by atoms with Crippen molar-refractivity contribution < 1.29 is 4.74 Å². The normalized spacial score (nSPS) is 19.4. The zero-order valence-electron chi connectivity index (χ0n) is 10.8. The number of ether oxygens (including phenoxy) is 1. The molecule has 0 amide bonds. The highest BCUT2D eigenvalue weighted by atomic mass is 79.9. The van der Waals surface area contributed by atoms with Crippen LogP contribution in [0, 0.1) is 0 Å². The summed E-state index contributed by atoms with van der Waals surface area (Å²) in [6, 6.07) is 8.26. The summed E-state index contributed by atoms with van der Waals surface area (Å²) < 4.78 is 6.92. The molecule has 2 nitrogen and oxygen atoms in total. The van der Waals surface area contributed by atoms with Gasteiger partial charge in [0.05, 0.1) is 13.2 Å². The first-order chi connectivity index (χ1) is 8.68. The van der Waals surface area contributed by atoms with Crippen LogP contribution in [-0.2, 0) is 11.3 Å². The summed E-state index contributed by atoms with van der Waals surface area (Å²) in [5.74, 6) is 0. The minimum Gasteiger partial charge on any atom is -0.375 e. The summed E-state index contributed by atoms with van der Waals surface area (Å²) in [6.07, 6.45) is 7.36. The number of hydrogen-bond donors (Lipinski definition) is 1. The molecule has 0 aromatic heterocycles. The summed E-state index contributed by atoms with van der Waals surface area (Å²) in [5.41, 5.74) is 7.53. The van der Waals surface area contributed by atoms with E-state index < -0.39 is 0 Å². The fraction of sp³-hybridized carbons (Fsp3) is 0.600. The quantitative estimate of drug-likeness (QED) is 0.852. The highest BCUT2D eigenvalue weighted by Crippen LogP contribution is 2.25. The molecule has 2 N–H and O–H groups in total. The molecule has 100 valence electrons. The predicted octanol–water partition coefficient (Wildman–Crippen LogP) is 4.02. The van der Waals surface area contributed by atoms with Gasteiger partial charge in [0.15, 0.2) is 0 Å². The van der Waals surface area contributed by atoms with Crippen molar-refractivity contribution in [3.05, 3.63) is 34.3 Å². The molecular weight excluding hydrogens is 290 g/mol. The van der Waals surface area contributed by atoms with Gasteiger partial charge in [-0.1, -0.05) is 53.7 Å². The predicted molar refractivity (Wildman–Crippen MR) is 78.4 cm³/mol. The number of hydrogen-bond acceptors (Lipinski definition) is 2. The van der Waals surface area contributed by atoms with Gasteiger partial charge in [-0.05, 0) is 30.5 Å². The lowest BCUT2D eigenvalue weighted by molar-refractivity contribution is 0.0667. The fourth-order valence-electron chi connectivity index (χ4n) is 2.53. The monoisotopic (exact) mass is 311 g/mol. The minimum absolute atomic E-state index is 0.0914. The molecule has 0 atom stereocenters. The zero-order chi connectivity index (χ0) is 12.8. The van der Waals surface area contributed by atoms with Gasteiger partial charge in [0.25, 0.3) is 0 Å². The van der Waals surface area contributed by atoms with E-state index in [9.17, 15) is 0 Å². The number of halogens is 1. The summed E-state index contributed by atoms with van der Waals surface area (Å²) in [4.78, 5) is 0. The number of nitrogens with two attached hydrogens (primary N) is 1. The van der Waals surface area contributed by atoms with Gasteiger partial charge in [0, 0.05) is 10.0 Å². The Bertz CT molecular complexity index is 355. The van der Waals surface area contributed by atoms with Crippen molar-refractivity contribution in [2.75, 3.05) is 6.61 Å². The van der Waals surface area contributed by atoms with E-state index in [1.54, 1.807) is 0 Å². The number of benzene rings is 1. The van der Waals surface area contributed by atoms with Crippen molar-refractivity contribution in [2.45, 2.75) is 50.7 Å². The summed E-state index contributed by atoms with van der Waals surface area (Å²) >= 11 is 3.43. The third-order valence-electron chi connectivity index (χ3n) is 3.67. The first-order valence-electron chi connectivity index (χ1n) is 6.79. The maximum Gasteiger partial charge on any atom is 0.0717 e. The molecule has 0 aliphatic heterocycles. The Morgan fingerprint density at radius 2 is 1.67 bits per heavy atom. The lowest BCUT2D eigenvalue weighted by Gasteiger charge is -2.27. The molecule has 0 bridgehead atoms. The summed E-state index contributed by atoms with van der Waals surface area (Å²) in [7, 11) is 0. The highest BCUT2D eigenvalue weighted by molar-refractivity contribution is 9.10. The summed E-state index contributed by atoms with van der Waals surface area (Å²) in [5, 5.41) is 0. The van der Waals surface area contributed by atoms with Gasteiger partial charge in [0.2, 0.25) is 0 Å². The van der Waals surface area contributed by atoms with Gasteiger partial charge in [-0.2, -0.15) is 0 Å². The van der Waals surface area contributed by atoms with Crippen LogP contribution in [0.5, 0.6) is 0 Å². The Balaban J connectivity index is 1.78. The van der Waals surface area contributed by atoms with E-state index in [1.165, 1.54) is 31.2 Å². The molecular formula is C15H22BrNO. The van der Waals surface area contributed by atoms with Crippen LogP contribution in [0.15, 0.2) is 28.7 Å². The van der Waals surface area contributed by atoms with E-state index >= 15 is 0 Å². The average molecular weight is 312 g/mol. The Morgan fingerprint density at radius 3 is 2.28 bits per heavy atom. The van der Waals surface area contributed by atoms with Crippen molar-refractivity contribution in [1.29, 1.82) is 0 Å². The Hall–Kier alpha value is -0.380. The molecule has 1 aromatic carbocycles.